The lowest BCUT2D eigenvalue weighted by Crippen LogP contribution is -2.34. The molecule has 1 saturated heterocycles. The highest BCUT2D eigenvalue weighted by Crippen LogP contribution is 2.29. The van der Waals surface area contributed by atoms with Crippen LogP contribution in [0.5, 0.6) is 0 Å². The first-order valence-corrected chi connectivity index (χ1v) is 10.1. The molecule has 0 N–H and O–H groups in total. The Morgan fingerprint density at radius 1 is 0.964 bits per heavy atom. The molecule has 1 aliphatic heterocycles. The van der Waals surface area contributed by atoms with E-state index in [1.54, 1.807) is 0 Å². The van der Waals surface area contributed by atoms with Crippen LogP contribution in [0.15, 0.2) is 66.9 Å². The number of aromatic nitrogens is 2. The number of anilines is 2. The summed E-state index contributed by atoms with van der Waals surface area (Å²) in [5.41, 5.74) is 4.03. The fraction of sp³-hybridized carbons (Fsp3) is 0.333. The van der Waals surface area contributed by atoms with Gasteiger partial charge in [-0.15, -0.1) is 0 Å². The molecule has 3 aromatic rings. The van der Waals surface area contributed by atoms with Crippen molar-refractivity contribution < 1.29 is 0 Å². The second-order valence-corrected chi connectivity index (χ2v) is 7.73. The maximum absolute atomic E-state index is 4.85. The first kappa shape index (κ1) is 18.5. The Labute approximate surface area is 167 Å². The number of benzene rings is 2. The minimum Gasteiger partial charge on any atom is -0.355 e. The highest BCUT2D eigenvalue weighted by atomic mass is 15.3. The molecule has 2 aromatic carbocycles. The second-order valence-electron chi connectivity index (χ2n) is 7.73. The van der Waals surface area contributed by atoms with Gasteiger partial charge in [-0.1, -0.05) is 60.2 Å². The molecule has 0 radical (unpaired) electrons. The van der Waals surface area contributed by atoms with Gasteiger partial charge in [0.2, 0.25) is 5.95 Å². The van der Waals surface area contributed by atoms with E-state index >= 15 is 0 Å². The summed E-state index contributed by atoms with van der Waals surface area (Å²) in [6.07, 6.45) is 4.18. The highest BCUT2D eigenvalue weighted by molar-refractivity contribution is 5.44. The number of rotatable bonds is 5. The first-order chi connectivity index (χ1) is 13.7. The van der Waals surface area contributed by atoms with E-state index in [0.717, 1.165) is 44.2 Å². The van der Waals surface area contributed by atoms with Crippen molar-refractivity contribution in [1.82, 2.24) is 9.97 Å². The van der Waals surface area contributed by atoms with Gasteiger partial charge in [-0.05, 0) is 42.9 Å². The topological polar surface area (TPSA) is 32.3 Å². The third-order valence-corrected chi connectivity index (χ3v) is 5.61. The molecule has 0 spiro atoms. The molecule has 1 aromatic heterocycles. The molecule has 144 valence electrons. The van der Waals surface area contributed by atoms with Gasteiger partial charge in [0.1, 0.15) is 5.82 Å². The van der Waals surface area contributed by atoms with Gasteiger partial charge in [0.05, 0.1) is 0 Å². The summed E-state index contributed by atoms with van der Waals surface area (Å²) in [6.45, 7) is 4.97. The zero-order valence-corrected chi connectivity index (χ0v) is 16.8. The van der Waals surface area contributed by atoms with Crippen LogP contribution in [-0.4, -0.2) is 30.1 Å². The summed E-state index contributed by atoms with van der Waals surface area (Å²) >= 11 is 0. The Morgan fingerprint density at radius 2 is 1.68 bits per heavy atom. The molecule has 4 rings (SSSR count). The lowest BCUT2D eigenvalue weighted by molar-refractivity contribution is 0.499. The van der Waals surface area contributed by atoms with Crippen LogP contribution in [0.2, 0.25) is 0 Å². The minimum atomic E-state index is 0.643. The standard InChI is InChI=1S/C24H28N4/c1-19-8-10-20(11-9-19)18-27(2)23-12-15-25-24(26-23)28-16-13-22(14-17-28)21-6-4-3-5-7-21/h3-12,15,22H,13-14,16-18H2,1-2H3. The third-order valence-electron chi connectivity index (χ3n) is 5.61. The summed E-state index contributed by atoms with van der Waals surface area (Å²) in [4.78, 5) is 13.9. The number of nitrogens with zero attached hydrogens (tertiary/aromatic N) is 4. The van der Waals surface area contributed by atoms with Crippen molar-refractivity contribution in [1.29, 1.82) is 0 Å². The van der Waals surface area contributed by atoms with Crippen molar-refractivity contribution in [2.24, 2.45) is 0 Å². The van der Waals surface area contributed by atoms with Crippen LogP contribution in [0.1, 0.15) is 35.4 Å². The maximum Gasteiger partial charge on any atom is 0.227 e. The number of hydrogen-bond donors (Lipinski definition) is 0. The number of hydrogen-bond acceptors (Lipinski definition) is 4. The SMILES string of the molecule is Cc1ccc(CN(C)c2ccnc(N3CCC(c4ccccc4)CC3)n2)cc1. The van der Waals surface area contributed by atoms with E-state index in [1.165, 1.54) is 16.7 Å². The van der Waals surface area contributed by atoms with Gasteiger partial charge in [-0.25, -0.2) is 4.98 Å². The Morgan fingerprint density at radius 3 is 2.39 bits per heavy atom. The van der Waals surface area contributed by atoms with E-state index in [9.17, 15) is 0 Å². The van der Waals surface area contributed by atoms with Gasteiger partial charge in [-0.3, -0.25) is 0 Å². The molecule has 1 aliphatic rings. The molecule has 0 atom stereocenters. The van der Waals surface area contributed by atoms with Crippen LogP contribution in [0.4, 0.5) is 11.8 Å². The van der Waals surface area contributed by atoms with E-state index in [4.69, 9.17) is 4.98 Å². The van der Waals surface area contributed by atoms with Gasteiger partial charge < -0.3 is 9.80 Å². The zero-order chi connectivity index (χ0) is 19.3. The third kappa shape index (κ3) is 4.33. The average Bonchev–Trinajstić information content (AvgIpc) is 2.76. The first-order valence-electron chi connectivity index (χ1n) is 10.1. The molecule has 4 heteroatoms. The predicted octanol–water partition coefficient (Wildman–Crippen LogP) is 4.81. The molecule has 0 saturated carbocycles. The summed E-state index contributed by atoms with van der Waals surface area (Å²) in [6, 6.07) is 21.5. The van der Waals surface area contributed by atoms with Crippen molar-refractivity contribution >= 4 is 11.8 Å². The van der Waals surface area contributed by atoms with Crippen LogP contribution in [0.25, 0.3) is 0 Å². The molecule has 0 unspecified atom stereocenters. The van der Waals surface area contributed by atoms with Gasteiger partial charge in [-0.2, -0.15) is 4.98 Å². The lowest BCUT2D eigenvalue weighted by Gasteiger charge is -2.32. The van der Waals surface area contributed by atoms with Gasteiger partial charge in [0.25, 0.3) is 0 Å². The van der Waals surface area contributed by atoms with Crippen molar-refractivity contribution in [3.63, 3.8) is 0 Å². The highest BCUT2D eigenvalue weighted by Gasteiger charge is 2.22. The monoisotopic (exact) mass is 372 g/mol. The Bertz CT molecular complexity index is 884. The molecule has 2 heterocycles. The predicted molar refractivity (Wildman–Crippen MR) is 116 cm³/mol. The van der Waals surface area contributed by atoms with Crippen molar-refractivity contribution in [3.05, 3.63) is 83.6 Å². The number of aryl methyl sites for hydroxylation is 1. The van der Waals surface area contributed by atoms with Crippen molar-refractivity contribution in [2.45, 2.75) is 32.2 Å². The van der Waals surface area contributed by atoms with Crippen LogP contribution < -0.4 is 9.80 Å². The molecule has 1 fully saturated rings. The van der Waals surface area contributed by atoms with E-state index in [2.05, 4.69) is 83.4 Å². The molecule has 0 bridgehead atoms. The molecule has 4 nitrogen and oxygen atoms in total. The summed E-state index contributed by atoms with van der Waals surface area (Å²) in [7, 11) is 2.09. The molecular formula is C24H28N4. The van der Waals surface area contributed by atoms with Gasteiger partial charge in [0.15, 0.2) is 0 Å². The van der Waals surface area contributed by atoms with Gasteiger partial charge >= 0.3 is 0 Å². The quantitative estimate of drug-likeness (QED) is 0.644. The Kier molecular flexibility index (Phi) is 5.56. The minimum absolute atomic E-state index is 0.643. The second kappa shape index (κ2) is 8.42. The molecular weight excluding hydrogens is 344 g/mol. The zero-order valence-electron chi connectivity index (χ0n) is 16.8. The van der Waals surface area contributed by atoms with Crippen LogP contribution in [-0.2, 0) is 6.54 Å². The van der Waals surface area contributed by atoms with E-state index in [-0.39, 0.29) is 0 Å². The van der Waals surface area contributed by atoms with Crippen LogP contribution in [0.3, 0.4) is 0 Å². The normalized spacial score (nSPS) is 14.9. The fourth-order valence-corrected chi connectivity index (χ4v) is 3.89. The van der Waals surface area contributed by atoms with Crippen LogP contribution in [0, 0.1) is 6.92 Å². The molecule has 0 amide bonds. The van der Waals surface area contributed by atoms with E-state index < -0.39 is 0 Å². The largest absolute Gasteiger partial charge is 0.355 e. The Balaban J connectivity index is 1.40. The van der Waals surface area contributed by atoms with Crippen molar-refractivity contribution in [3.8, 4) is 0 Å². The van der Waals surface area contributed by atoms with E-state index in [0.29, 0.717) is 5.92 Å². The van der Waals surface area contributed by atoms with Crippen molar-refractivity contribution in [2.75, 3.05) is 29.9 Å². The maximum atomic E-state index is 4.85. The summed E-state index contributed by atoms with van der Waals surface area (Å²) in [5, 5.41) is 0. The fourth-order valence-electron chi connectivity index (χ4n) is 3.89. The smallest absolute Gasteiger partial charge is 0.227 e. The Hall–Kier alpha value is -2.88. The average molecular weight is 373 g/mol. The molecule has 0 aliphatic carbocycles. The summed E-state index contributed by atoms with van der Waals surface area (Å²) < 4.78 is 0. The molecule has 28 heavy (non-hydrogen) atoms. The van der Waals surface area contributed by atoms with Crippen LogP contribution >= 0.6 is 0 Å². The van der Waals surface area contributed by atoms with Gasteiger partial charge in [0, 0.05) is 32.9 Å². The summed E-state index contributed by atoms with van der Waals surface area (Å²) in [5.74, 6) is 2.46. The lowest BCUT2D eigenvalue weighted by atomic mass is 9.90. The van der Waals surface area contributed by atoms with E-state index in [1.807, 2.05) is 12.3 Å². The number of piperidine rings is 1.